The predicted molar refractivity (Wildman–Crippen MR) is 101 cm³/mol. The quantitative estimate of drug-likeness (QED) is 0.399. The van der Waals surface area contributed by atoms with Crippen LogP contribution in [0.15, 0.2) is 34.7 Å². The monoisotopic (exact) mass is 391 g/mol. The van der Waals surface area contributed by atoms with E-state index in [4.69, 9.17) is 18.9 Å². The van der Waals surface area contributed by atoms with E-state index in [1.807, 2.05) is 24.3 Å². The van der Waals surface area contributed by atoms with E-state index < -0.39 is 0 Å². The van der Waals surface area contributed by atoms with Gasteiger partial charge < -0.3 is 18.9 Å². The molecule has 0 saturated carbocycles. The molecule has 27 heavy (non-hydrogen) atoms. The second-order valence-corrected chi connectivity index (χ2v) is 6.41. The Morgan fingerprint density at radius 1 is 1.37 bits per heavy atom. The summed E-state index contributed by atoms with van der Waals surface area (Å²) in [5.74, 6) is 0.453. The molecule has 144 valence electrons. The van der Waals surface area contributed by atoms with Crippen LogP contribution in [0.25, 0.3) is 0 Å². The molecule has 2 aromatic rings. The highest BCUT2D eigenvalue weighted by Gasteiger charge is 2.16. The zero-order valence-electron chi connectivity index (χ0n) is 14.9. The fraction of sp³-hybridized carbons (Fsp3) is 0.389. The van der Waals surface area contributed by atoms with Gasteiger partial charge in [0.1, 0.15) is 12.4 Å². The van der Waals surface area contributed by atoms with E-state index in [1.165, 1.54) is 11.3 Å². The van der Waals surface area contributed by atoms with Crippen LogP contribution in [-0.4, -0.2) is 49.9 Å². The lowest BCUT2D eigenvalue weighted by atomic mass is 10.2. The number of rotatable bonds is 9. The second-order valence-electron chi connectivity index (χ2n) is 5.55. The van der Waals surface area contributed by atoms with Crippen LogP contribution in [0, 0.1) is 0 Å². The van der Waals surface area contributed by atoms with Crippen molar-refractivity contribution in [3.05, 3.63) is 40.9 Å². The van der Waals surface area contributed by atoms with Crippen molar-refractivity contribution in [3.8, 4) is 5.75 Å². The lowest BCUT2D eigenvalue weighted by molar-refractivity contribution is -0.142. The summed E-state index contributed by atoms with van der Waals surface area (Å²) < 4.78 is 21.2. The normalized spacial score (nSPS) is 14.6. The third kappa shape index (κ3) is 6.31. The number of hydrogen-bond donors (Lipinski definition) is 1. The van der Waals surface area contributed by atoms with Crippen LogP contribution in [0.4, 0.5) is 5.13 Å². The lowest BCUT2D eigenvalue weighted by Gasteiger charge is -2.10. The first kappa shape index (κ1) is 19.3. The van der Waals surface area contributed by atoms with Gasteiger partial charge in [-0.3, -0.25) is 10.2 Å². The van der Waals surface area contributed by atoms with Gasteiger partial charge in [0.05, 0.1) is 38.1 Å². The number of esters is 1. The smallest absolute Gasteiger partial charge is 0.311 e. The number of benzene rings is 1. The summed E-state index contributed by atoms with van der Waals surface area (Å²) >= 11 is 1.38. The van der Waals surface area contributed by atoms with Crippen LogP contribution in [-0.2, 0) is 25.4 Å². The Bertz CT molecular complexity index is 757. The Hall–Kier alpha value is -2.49. The minimum absolute atomic E-state index is 0.161. The number of thiazole rings is 1. The molecule has 1 fully saturated rings. The van der Waals surface area contributed by atoms with Crippen LogP contribution in [0.3, 0.4) is 0 Å². The number of nitrogens with one attached hydrogen (secondary N) is 1. The summed E-state index contributed by atoms with van der Waals surface area (Å²) in [5.41, 5.74) is 4.42. The van der Waals surface area contributed by atoms with Gasteiger partial charge in [0.15, 0.2) is 6.29 Å². The van der Waals surface area contributed by atoms with E-state index in [1.54, 1.807) is 18.5 Å². The third-order valence-electron chi connectivity index (χ3n) is 3.51. The van der Waals surface area contributed by atoms with Crippen molar-refractivity contribution in [2.45, 2.75) is 19.6 Å². The average molecular weight is 391 g/mol. The van der Waals surface area contributed by atoms with Gasteiger partial charge in [-0.25, -0.2) is 4.98 Å². The molecule has 1 aromatic carbocycles. The number of carbonyl (C=O) groups excluding carboxylic acids is 1. The van der Waals surface area contributed by atoms with Crippen molar-refractivity contribution < 1.29 is 23.7 Å². The highest BCUT2D eigenvalue weighted by molar-refractivity contribution is 7.13. The number of carbonyl (C=O) groups is 1. The Balaban J connectivity index is 1.44. The van der Waals surface area contributed by atoms with E-state index in [0.29, 0.717) is 37.3 Å². The lowest BCUT2D eigenvalue weighted by Crippen LogP contribution is -2.18. The number of aromatic nitrogens is 1. The number of ether oxygens (including phenoxy) is 4. The van der Waals surface area contributed by atoms with Crippen LogP contribution in [0.5, 0.6) is 5.75 Å². The van der Waals surface area contributed by atoms with E-state index in [2.05, 4.69) is 15.5 Å². The van der Waals surface area contributed by atoms with Gasteiger partial charge in [-0.15, -0.1) is 11.3 Å². The number of anilines is 1. The molecule has 0 radical (unpaired) electrons. The van der Waals surface area contributed by atoms with Crippen molar-refractivity contribution in [2.75, 3.05) is 31.9 Å². The van der Waals surface area contributed by atoms with Crippen molar-refractivity contribution in [1.29, 1.82) is 0 Å². The zero-order valence-corrected chi connectivity index (χ0v) is 15.7. The number of nitrogens with zero attached hydrogens (tertiary/aromatic N) is 2. The average Bonchev–Trinajstić information content (AvgIpc) is 3.33. The summed E-state index contributed by atoms with van der Waals surface area (Å²) in [5, 5.41) is 6.57. The maximum absolute atomic E-state index is 11.4. The minimum atomic E-state index is -0.289. The van der Waals surface area contributed by atoms with Crippen molar-refractivity contribution in [2.24, 2.45) is 5.10 Å². The molecule has 0 atom stereocenters. The fourth-order valence-electron chi connectivity index (χ4n) is 2.28. The fourth-order valence-corrected chi connectivity index (χ4v) is 2.94. The summed E-state index contributed by atoms with van der Waals surface area (Å²) in [4.78, 5) is 15.7. The van der Waals surface area contributed by atoms with E-state index in [0.717, 1.165) is 11.3 Å². The molecule has 3 rings (SSSR count). The highest BCUT2D eigenvalue weighted by Crippen LogP contribution is 2.16. The standard InChI is InChI=1S/C18H21N3O5S/c1-2-23-16(22)9-14-12-27-18(20-14)21-19-10-13-3-5-15(6-4-13)26-11-17-24-7-8-25-17/h3-6,10,12,17H,2,7-9,11H2,1H3,(H,20,21). The van der Waals surface area contributed by atoms with Crippen molar-refractivity contribution in [1.82, 2.24) is 4.98 Å². The second kappa shape index (κ2) is 10.0. The Morgan fingerprint density at radius 3 is 2.89 bits per heavy atom. The molecule has 0 aliphatic carbocycles. The minimum Gasteiger partial charge on any atom is -0.488 e. The summed E-state index contributed by atoms with van der Waals surface area (Å²) in [6.45, 7) is 3.73. The molecule has 2 heterocycles. The van der Waals surface area contributed by atoms with E-state index in [-0.39, 0.29) is 18.7 Å². The molecule has 1 saturated heterocycles. The molecule has 1 aromatic heterocycles. The first-order valence-corrected chi connectivity index (χ1v) is 9.46. The molecule has 1 aliphatic heterocycles. The van der Waals surface area contributed by atoms with Crippen LogP contribution in [0.2, 0.25) is 0 Å². The molecule has 0 spiro atoms. The van der Waals surface area contributed by atoms with Gasteiger partial charge in [-0.2, -0.15) is 5.10 Å². The molecular formula is C18H21N3O5S. The molecular weight excluding hydrogens is 370 g/mol. The van der Waals surface area contributed by atoms with Gasteiger partial charge in [-0.1, -0.05) is 0 Å². The van der Waals surface area contributed by atoms with Crippen LogP contribution >= 0.6 is 11.3 Å². The molecule has 9 heteroatoms. The van der Waals surface area contributed by atoms with E-state index in [9.17, 15) is 4.79 Å². The maximum atomic E-state index is 11.4. The zero-order chi connectivity index (χ0) is 18.9. The topological polar surface area (TPSA) is 91.3 Å². The van der Waals surface area contributed by atoms with Gasteiger partial charge in [-0.05, 0) is 36.8 Å². The first-order chi connectivity index (χ1) is 13.2. The van der Waals surface area contributed by atoms with E-state index >= 15 is 0 Å². The predicted octanol–water partition coefficient (Wildman–Crippen LogP) is 2.45. The Kier molecular flexibility index (Phi) is 7.14. The number of hydrogen-bond acceptors (Lipinski definition) is 9. The number of hydrazone groups is 1. The maximum Gasteiger partial charge on any atom is 0.311 e. The Morgan fingerprint density at radius 2 is 2.15 bits per heavy atom. The van der Waals surface area contributed by atoms with Crippen LogP contribution in [0.1, 0.15) is 18.2 Å². The molecule has 0 unspecified atom stereocenters. The van der Waals surface area contributed by atoms with Gasteiger partial charge in [0, 0.05) is 5.38 Å². The largest absolute Gasteiger partial charge is 0.488 e. The molecule has 0 amide bonds. The summed E-state index contributed by atoms with van der Waals surface area (Å²) in [6.07, 6.45) is 1.55. The third-order valence-corrected chi connectivity index (χ3v) is 4.31. The van der Waals surface area contributed by atoms with Gasteiger partial charge in [0.2, 0.25) is 5.13 Å². The molecule has 0 bridgehead atoms. The molecule has 1 N–H and O–H groups in total. The summed E-state index contributed by atoms with van der Waals surface area (Å²) in [6, 6.07) is 7.50. The SMILES string of the molecule is CCOC(=O)Cc1csc(NN=Cc2ccc(OCC3OCCO3)cc2)n1. The Labute approximate surface area is 161 Å². The molecule has 1 aliphatic rings. The highest BCUT2D eigenvalue weighted by atomic mass is 32.1. The van der Waals surface area contributed by atoms with Crippen LogP contribution < -0.4 is 10.2 Å². The summed E-state index contributed by atoms with van der Waals surface area (Å²) in [7, 11) is 0. The molecule has 8 nitrogen and oxygen atoms in total. The van der Waals surface area contributed by atoms with Gasteiger partial charge in [0.25, 0.3) is 0 Å². The van der Waals surface area contributed by atoms with Crippen molar-refractivity contribution >= 4 is 28.7 Å². The van der Waals surface area contributed by atoms with Crippen molar-refractivity contribution in [3.63, 3.8) is 0 Å². The first-order valence-electron chi connectivity index (χ1n) is 8.58. The van der Waals surface area contributed by atoms with Gasteiger partial charge >= 0.3 is 5.97 Å².